The monoisotopic (exact) mass is 1330 g/mol. The summed E-state index contributed by atoms with van der Waals surface area (Å²) in [7, 11) is 0. The van der Waals surface area contributed by atoms with Gasteiger partial charge < -0.3 is 0 Å². The van der Waals surface area contributed by atoms with Crippen molar-refractivity contribution in [1.29, 1.82) is 0 Å². The van der Waals surface area contributed by atoms with Gasteiger partial charge in [0.05, 0.1) is 0 Å². The number of hydrogen-bond donors (Lipinski definition) is 0. The van der Waals surface area contributed by atoms with Gasteiger partial charge in [-0.15, -0.1) is 11.3 Å². The van der Waals surface area contributed by atoms with Crippen LogP contribution in [0.1, 0.15) is 0 Å². The number of fused-ring (bicyclic) bond motifs is 9. The van der Waals surface area contributed by atoms with Gasteiger partial charge in [-0.25, -0.2) is 0 Å². The minimum Gasteiger partial charge on any atom is -0.135 e. The molecule has 103 heavy (non-hydrogen) atoms. The molecule has 0 saturated heterocycles. The second kappa shape index (κ2) is 34.2. The minimum atomic E-state index is 1.26. The summed E-state index contributed by atoms with van der Waals surface area (Å²) >= 11 is 1.86. The Balaban J connectivity index is 0.000000105. The average molecular weight is 1330 g/mol. The van der Waals surface area contributed by atoms with Crippen molar-refractivity contribution in [1.82, 2.24) is 0 Å². The molecule has 1 heterocycles. The van der Waals surface area contributed by atoms with Gasteiger partial charge in [0, 0.05) is 20.2 Å². The molecule has 0 aliphatic heterocycles. The van der Waals surface area contributed by atoms with Gasteiger partial charge in [0.25, 0.3) is 0 Å². The van der Waals surface area contributed by atoms with Gasteiger partial charge in [-0.3, -0.25) is 0 Å². The van der Waals surface area contributed by atoms with Crippen LogP contribution >= 0.6 is 11.3 Å². The number of benzene rings is 18. The molecule has 1 heteroatoms. The normalized spacial score (nSPS) is 10.5. The topological polar surface area (TPSA) is 0 Å². The Morgan fingerprint density at radius 2 is 0.194 bits per heavy atom. The third kappa shape index (κ3) is 17.2. The lowest BCUT2D eigenvalue weighted by atomic mass is 9.95. The van der Waals surface area contributed by atoms with Crippen LogP contribution in [0.4, 0.5) is 0 Å². The van der Waals surface area contributed by atoms with Gasteiger partial charge in [-0.05, 0) is 133 Å². The Kier molecular flexibility index (Phi) is 22.3. The Morgan fingerprint density at radius 3 is 0.340 bits per heavy atom. The van der Waals surface area contributed by atoms with Crippen molar-refractivity contribution >= 4 is 63.8 Å². The highest BCUT2D eigenvalue weighted by Gasteiger charge is 2.08. The molecule has 0 aliphatic rings. The summed E-state index contributed by atoms with van der Waals surface area (Å²) in [6, 6.07) is 162. The highest BCUT2D eigenvalue weighted by Crippen LogP contribution is 2.36. The van der Waals surface area contributed by atoms with Crippen LogP contribution in [0.15, 0.2) is 461 Å². The first-order valence-electron chi connectivity index (χ1n) is 35.1. The van der Waals surface area contributed by atoms with Crippen LogP contribution in [-0.4, -0.2) is 0 Å². The van der Waals surface area contributed by atoms with E-state index in [1.165, 1.54) is 142 Å². The Hall–Kier alpha value is -13.0. The first-order chi connectivity index (χ1) is 51.1. The second-order valence-electron chi connectivity index (χ2n) is 25.0. The molecular weight excluding hydrogens is 1260 g/mol. The van der Waals surface area contributed by atoms with E-state index >= 15 is 0 Å². The first kappa shape index (κ1) is 67.2. The lowest BCUT2D eigenvalue weighted by molar-refractivity contribution is 1.59. The summed E-state index contributed by atoms with van der Waals surface area (Å²) in [5.41, 5.74) is 20.2. The van der Waals surface area contributed by atoms with E-state index in [1.54, 1.807) is 0 Å². The lowest BCUT2D eigenvalue weighted by Gasteiger charge is -2.09. The molecule has 0 unspecified atom stereocenters. The number of hydrogen-bond acceptors (Lipinski definition) is 1. The summed E-state index contributed by atoms with van der Waals surface area (Å²) in [6.45, 7) is 0. The summed E-state index contributed by atoms with van der Waals surface area (Å²) in [5, 5.41) is 10.8. The molecule has 0 radical (unpaired) electrons. The fraction of sp³-hybridized carbons (Fsp3) is 0. The van der Waals surface area contributed by atoms with Crippen molar-refractivity contribution in [2.75, 3.05) is 0 Å². The van der Waals surface area contributed by atoms with Crippen molar-refractivity contribution in [2.24, 2.45) is 0 Å². The molecule has 490 valence electrons. The van der Waals surface area contributed by atoms with E-state index in [0.717, 1.165) is 0 Å². The molecule has 1 aromatic heterocycles. The highest BCUT2D eigenvalue weighted by molar-refractivity contribution is 7.25. The molecule has 0 atom stereocenters. The second-order valence-corrected chi connectivity index (χ2v) is 26.1. The van der Waals surface area contributed by atoms with Crippen LogP contribution in [-0.2, 0) is 0 Å². The van der Waals surface area contributed by atoms with E-state index < -0.39 is 0 Å². The summed E-state index contributed by atoms with van der Waals surface area (Å²) < 4.78 is 2.76. The fourth-order valence-electron chi connectivity index (χ4n) is 13.0. The maximum atomic E-state index is 2.21. The summed E-state index contributed by atoms with van der Waals surface area (Å²) in [4.78, 5) is 0. The summed E-state index contributed by atoms with van der Waals surface area (Å²) in [6.07, 6.45) is 0. The van der Waals surface area contributed by atoms with E-state index in [9.17, 15) is 0 Å². The molecule has 0 amide bonds. The van der Waals surface area contributed by atoms with Crippen LogP contribution in [0.2, 0.25) is 0 Å². The highest BCUT2D eigenvalue weighted by atomic mass is 32.1. The molecule has 0 saturated carbocycles. The molecule has 0 N–H and O–H groups in total. The molecule has 0 aliphatic carbocycles. The summed E-state index contributed by atoms with van der Waals surface area (Å²) in [5.74, 6) is 0. The van der Waals surface area contributed by atoms with Crippen LogP contribution < -0.4 is 0 Å². The van der Waals surface area contributed by atoms with Gasteiger partial charge in [0.1, 0.15) is 0 Å². The molecular formula is C102H76S. The van der Waals surface area contributed by atoms with Gasteiger partial charge in [0.15, 0.2) is 0 Å². The average Bonchev–Trinajstić information content (AvgIpc) is 1.40. The van der Waals surface area contributed by atoms with E-state index in [4.69, 9.17) is 0 Å². The van der Waals surface area contributed by atoms with Crippen molar-refractivity contribution in [3.63, 3.8) is 0 Å². The maximum absolute atomic E-state index is 2.21. The minimum absolute atomic E-state index is 1.26. The van der Waals surface area contributed by atoms with Crippen molar-refractivity contribution < 1.29 is 0 Å². The first-order valence-corrected chi connectivity index (χ1v) is 35.9. The Morgan fingerprint density at radius 1 is 0.0874 bits per heavy atom. The number of rotatable bonds is 8. The van der Waals surface area contributed by atoms with Gasteiger partial charge in [0.2, 0.25) is 0 Å². The zero-order valence-corrected chi connectivity index (χ0v) is 58.1. The Bertz CT molecular complexity index is 4770. The largest absolute Gasteiger partial charge is 0.135 e. The van der Waals surface area contributed by atoms with Gasteiger partial charge in [-0.2, -0.15) is 0 Å². The zero-order chi connectivity index (χ0) is 69.5. The van der Waals surface area contributed by atoms with E-state index in [2.05, 4.69) is 413 Å². The Labute approximate surface area is 609 Å². The standard InChI is InChI=1S/C18H12.4C18H14.C12H8S/c1-2-8-14-13(7-1)15-9-3-4-11-17(15)18-12-6-5-10-16(14)18;4*1-3-7-15(8-4-1)17-11-13-18(14-12-17)16-9-5-2-6-10-16;1-3-7-11-9(5-1)10-6-2-4-8-12(10)13-11/h1-12H;4*1-14H;1-8H. The van der Waals surface area contributed by atoms with Gasteiger partial charge >= 0.3 is 0 Å². The fourth-order valence-corrected chi connectivity index (χ4v) is 14.1. The molecule has 0 bridgehead atoms. The smallest absolute Gasteiger partial charge is 0.0355 e. The van der Waals surface area contributed by atoms with E-state index in [-0.39, 0.29) is 0 Å². The molecule has 0 spiro atoms. The third-order valence-corrected chi connectivity index (χ3v) is 19.5. The predicted octanol–water partition coefficient (Wildman–Crippen LogP) is 29.3. The van der Waals surface area contributed by atoms with Crippen LogP contribution in [0.5, 0.6) is 0 Å². The lowest BCUT2D eigenvalue weighted by Crippen LogP contribution is -1.81. The van der Waals surface area contributed by atoms with E-state index in [0.29, 0.717) is 0 Å². The van der Waals surface area contributed by atoms with E-state index in [1.807, 2.05) is 59.9 Å². The van der Waals surface area contributed by atoms with Crippen LogP contribution in [0, 0.1) is 0 Å². The predicted molar refractivity (Wildman–Crippen MR) is 448 cm³/mol. The van der Waals surface area contributed by atoms with Crippen LogP contribution in [0.3, 0.4) is 0 Å². The molecule has 19 aromatic rings. The zero-order valence-electron chi connectivity index (χ0n) is 57.3. The van der Waals surface area contributed by atoms with Gasteiger partial charge in [-0.1, -0.05) is 449 Å². The molecule has 0 fully saturated rings. The van der Waals surface area contributed by atoms with Crippen molar-refractivity contribution in [3.05, 3.63) is 461 Å². The third-order valence-electron chi connectivity index (χ3n) is 18.3. The number of thiophene rings is 1. The van der Waals surface area contributed by atoms with Crippen LogP contribution in [0.25, 0.3) is 142 Å². The SMILES string of the molecule is c1ccc(-c2ccc(-c3ccccc3)cc2)cc1.c1ccc(-c2ccc(-c3ccccc3)cc2)cc1.c1ccc(-c2ccc(-c3ccccc3)cc2)cc1.c1ccc(-c2ccc(-c3ccccc3)cc2)cc1.c1ccc2c(c1)c1ccccc1c1ccccc21.c1ccc2c(c1)sc1ccccc12. The molecule has 18 aromatic carbocycles. The van der Waals surface area contributed by atoms with Crippen molar-refractivity contribution in [3.8, 4) is 89.0 Å². The quantitative estimate of drug-likeness (QED) is 0.133. The molecule has 19 rings (SSSR count). The molecule has 0 nitrogen and oxygen atoms in total. The maximum Gasteiger partial charge on any atom is 0.0355 e. The van der Waals surface area contributed by atoms with Crippen molar-refractivity contribution in [2.45, 2.75) is 0 Å².